The van der Waals surface area contributed by atoms with E-state index in [2.05, 4.69) is 5.32 Å². The highest BCUT2D eigenvalue weighted by Crippen LogP contribution is 2.47. The second-order valence-corrected chi connectivity index (χ2v) is 3.75. The fourth-order valence-corrected chi connectivity index (χ4v) is 1.99. The van der Waals surface area contributed by atoms with E-state index < -0.39 is 43.1 Å². The van der Waals surface area contributed by atoms with E-state index in [0.29, 0.717) is 0 Å². The van der Waals surface area contributed by atoms with Crippen LogP contribution in [-0.4, -0.2) is 25.4 Å². The Morgan fingerprint density at radius 3 is 1.73 bits per heavy atom. The highest BCUT2D eigenvalue weighted by atomic mass is 19.4. The Morgan fingerprint density at radius 1 is 0.933 bits per heavy atom. The monoisotopic (exact) mass is 235 g/mol. The number of rotatable bonds is 1. The smallest absolute Gasteiger partial charge is 0.316 e. The molecule has 0 aliphatic heterocycles. The zero-order chi connectivity index (χ0) is 11.9. The molecule has 1 rings (SSSR count). The Bertz CT molecular complexity index is 220. The quantitative estimate of drug-likeness (QED) is 0.689. The fraction of sp³-hybridized carbons (Fsp3) is 1.00. The Morgan fingerprint density at radius 2 is 1.47 bits per heavy atom. The molecule has 0 heterocycles. The van der Waals surface area contributed by atoms with Crippen molar-refractivity contribution in [3.8, 4) is 0 Å². The van der Waals surface area contributed by atoms with Crippen LogP contribution in [0, 0.1) is 11.8 Å². The van der Waals surface area contributed by atoms with E-state index >= 15 is 0 Å². The predicted molar refractivity (Wildman–Crippen MR) is 41.2 cm³/mol. The van der Waals surface area contributed by atoms with Crippen LogP contribution >= 0.6 is 0 Å². The van der Waals surface area contributed by atoms with Crippen molar-refractivity contribution in [3.63, 3.8) is 0 Å². The summed E-state index contributed by atoms with van der Waals surface area (Å²) in [6.45, 7) is 0. The molecule has 0 aromatic heterocycles. The molecule has 1 aliphatic rings. The summed E-state index contributed by atoms with van der Waals surface area (Å²) < 4.78 is 73.8. The molecule has 1 saturated carbocycles. The van der Waals surface area contributed by atoms with Crippen molar-refractivity contribution in [1.29, 1.82) is 0 Å². The predicted octanol–water partition coefficient (Wildman–Crippen LogP) is 2.73. The van der Waals surface area contributed by atoms with Crippen molar-refractivity contribution >= 4 is 0 Å². The van der Waals surface area contributed by atoms with Gasteiger partial charge in [0, 0.05) is 6.04 Å². The number of hydrogen-bond donors (Lipinski definition) is 1. The molecular formula is C8H11F6N. The Hall–Kier alpha value is -0.460. The summed E-state index contributed by atoms with van der Waals surface area (Å²) in [5.74, 6) is -3.74. The molecule has 1 aliphatic carbocycles. The minimum atomic E-state index is -4.56. The SMILES string of the molecule is CNC1CC(C(F)(F)F)CC1C(F)(F)F. The molecule has 0 aromatic rings. The van der Waals surface area contributed by atoms with Crippen molar-refractivity contribution in [2.75, 3.05) is 7.05 Å². The van der Waals surface area contributed by atoms with Crippen LogP contribution in [0.4, 0.5) is 26.3 Å². The summed E-state index contributed by atoms with van der Waals surface area (Å²) in [5, 5.41) is 2.30. The first-order valence-corrected chi connectivity index (χ1v) is 4.47. The average molecular weight is 235 g/mol. The van der Waals surface area contributed by atoms with E-state index in [1.54, 1.807) is 0 Å². The number of halogens is 6. The van der Waals surface area contributed by atoms with Gasteiger partial charge in [0.1, 0.15) is 0 Å². The van der Waals surface area contributed by atoms with Gasteiger partial charge in [-0.15, -0.1) is 0 Å². The highest BCUT2D eigenvalue weighted by Gasteiger charge is 2.55. The standard InChI is InChI=1S/C8H11F6N/c1-15-6-3-4(7(9,10)11)2-5(6)8(12,13)14/h4-6,15H,2-3H2,1H3. The van der Waals surface area contributed by atoms with E-state index in [1.165, 1.54) is 7.05 Å². The van der Waals surface area contributed by atoms with Gasteiger partial charge in [-0.25, -0.2) is 0 Å². The normalized spacial score (nSPS) is 33.4. The van der Waals surface area contributed by atoms with E-state index in [0.717, 1.165) is 0 Å². The maximum Gasteiger partial charge on any atom is 0.393 e. The largest absolute Gasteiger partial charge is 0.393 e. The van der Waals surface area contributed by atoms with Gasteiger partial charge in [-0.1, -0.05) is 0 Å². The zero-order valence-electron chi connectivity index (χ0n) is 7.91. The fourth-order valence-electron chi connectivity index (χ4n) is 1.99. The van der Waals surface area contributed by atoms with Crippen LogP contribution in [0.15, 0.2) is 0 Å². The van der Waals surface area contributed by atoms with Crippen LogP contribution in [-0.2, 0) is 0 Å². The summed E-state index contributed by atoms with van der Waals surface area (Å²) in [5.41, 5.74) is 0. The van der Waals surface area contributed by atoms with Gasteiger partial charge in [0.15, 0.2) is 0 Å². The van der Waals surface area contributed by atoms with Gasteiger partial charge in [0.05, 0.1) is 11.8 Å². The molecule has 0 amide bonds. The van der Waals surface area contributed by atoms with Gasteiger partial charge in [0.2, 0.25) is 0 Å². The molecule has 0 bridgehead atoms. The lowest BCUT2D eigenvalue weighted by Crippen LogP contribution is -2.37. The number of hydrogen-bond acceptors (Lipinski definition) is 1. The second-order valence-electron chi connectivity index (χ2n) is 3.75. The average Bonchev–Trinajstić information content (AvgIpc) is 2.44. The van der Waals surface area contributed by atoms with E-state index in [-0.39, 0.29) is 0 Å². The Balaban J connectivity index is 2.76. The van der Waals surface area contributed by atoms with Gasteiger partial charge in [-0.3, -0.25) is 0 Å². The number of nitrogens with one attached hydrogen (secondary N) is 1. The third-order valence-electron chi connectivity index (χ3n) is 2.82. The lowest BCUT2D eigenvalue weighted by Gasteiger charge is -2.21. The molecule has 1 fully saturated rings. The third kappa shape index (κ3) is 2.76. The lowest BCUT2D eigenvalue weighted by molar-refractivity contribution is -0.192. The molecule has 15 heavy (non-hydrogen) atoms. The minimum Gasteiger partial charge on any atom is -0.316 e. The first-order valence-electron chi connectivity index (χ1n) is 4.47. The molecule has 0 saturated heterocycles. The first-order chi connectivity index (χ1) is 6.66. The van der Waals surface area contributed by atoms with Crippen LogP contribution in [0.1, 0.15) is 12.8 Å². The topological polar surface area (TPSA) is 12.0 Å². The molecule has 3 atom stereocenters. The summed E-state index contributed by atoms with van der Waals surface area (Å²) in [4.78, 5) is 0. The van der Waals surface area contributed by atoms with E-state index in [1.807, 2.05) is 0 Å². The maximum atomic E-state index is 12.4. The highest BCUT2D eigenvalue weighted by molar-refractivity contribution is 4.93. The number of alkyl halides is 6. The van der Waals surface area contributed by atoms with E-state index in [9.17, 15) is 26.3 Å². The molecule has 0 spiro atoms. The van der Waals surface area contributed by atoms with Gasteiger partial charge in [-0.2, -0.15) is 26.3 Å². The summed E-state index contributed by atoms with van der Waals surface area (Å²) in [6.07, 6.45) is -10.5. The summed E-state index contributed by atoms with van der Waals surface area (Å²) in [6, 6.07) is -1.13. The van der Waals surface area contributed by atoms with Crippen LogP contribution in [0.5, 0.6) is 0 Å². The molecule has 0 aromatic carbocycles. The Labute approximate surface area is 82.8 Å². The van der Waals surface area contributed by atoms with Crippen LogP contribution < -0.4 is 5.32 Å². The van der Waals surface area contributed by atoms with Gasteiger partial charge < -0.3 is 5.32 Å². The molecular weight excluding hydrogens is 224 g/mol. The van der Waals surface area contributed by atoms with Crippen molar-refractivity contribution < 1.29 is 26.3 Å². The Kier molecular flexibility index (Phi) is 3.23. The minimum absolute atomic E-state index is 0.496. The van der Waals surface area contributed by atoms with Crippen molar-refractivity contribution in [1.82, 2.24) is 5.32 Å². The van der Waals surface area contributed by atoms with Crippen molar-refractivity contribution in [2.24, 2.45) is 11.8 Å². The van der Waals surface area contributed by atoms with Gasteiger partial charge in [0.25, 0.3) is 0 Å². The molecule has 1 nitrogen and oxygen atoms in total. The molecule has 90 valence electrons. The summed E-state index contributed by atoms with van der Waals surface area (Å²) >= 11 is 0. The molecule has 1 N–H and O–H groups in total. The first kappa shape index (κ1) is 12.6. The maximum absolute atomic E-state index is 12.4. The van der Waals surface area contributed by atoms with Crippen molar-refractivity contribution in [3.05, 3.63) is 0 Å². The lowest BCUT2D eigenvalue weighted by atomic mass is 10.0. The van der Waals surface area contributed by atoms with Gasteiger partial charge in [-0.05, 0) is 19.9 Å². The van der Waals surface area contributed by atoms with Crippen LogP contribution in [0.3, 0.4) is 0 Å². The third-order valence-corrected chi connectivity index (χ3v) is 2.82. The van der Waals surface area contributed by atoms with E-state index in [4.69, 9.17) is 0 Å². The van der Waals surface area contributed by atoms with Gasteiger partial charge >= 0.3 is 12.4 Å². The van der Waals surface area contributed by atoms with Crippen LogP contribution in [0.25, 0.3) is 0 Å². The van der Waals surface area contributed by atoms with Crippen molar-refractivity contribution in [2.45, 2.75) is 31.2 Å². The van der Waals surface area contributed by atoms with Crippen LogP contribution in [0.2, 0.25) is 0 Å². The summed E-state index contributed by atoms with van der Waals surface area (Å²) in [7, 11) is 1.25. The zero-order valence-corrected chi connectivity index (χ0v) is 7.91. The molecule has 7 heteroatoms. The second kappa shape index (κ2) is 3.84. The molecule has 3 unspecified atom stereocenters. The molecule has 0 radical (unpaired) electrons.